The van der Waals surface area contributed by atoms with Crippen LogP contribution >= 0.6 is 11.6 Å². The molecule has 2 rings (SSSR count). The first-order chi connectivity index (χ1) is 9.20. The Bertz CT molecular complexity index is 383. The van der Waals surface area contributed by atoms with Crippen molar-refractivity contribution in [3.63, 3.8) is 0 Å². The normalized spacial score (nSPS) is 25.2. The number of hydrogen-bond acceptors (Lipinski definition) is 1. The van der Waals surface area contributed by atoms with E-state index in [-0.39, 0.29) is 6.10 Å². The standard InChI is InChI=1S/C17H25ClO/c1-2-5-13-8-10-14(11-9-13)17(19)12-15-6-3-4-7-16(15)18/h3-4,6-7,13-14,17,19H,2,5,8-12H2,1H3. The SMILES string of the molecule is CCCC1CCC(C(O)Cc2ccccc2Cl)CC1. The van der Waals surface area contributed by atoms with E-state index in [4.69, 9.17) is 11.6 Å². The molecule has 1 aromatic carbocycles. The molecule has 0 saturated heterocycles. The molecule has 0 heterocycles. The van der Waals surface area contributed by atoms with E-state index in [9.17, 15) is 5.11 Å². The van der Waals surface area contributed by atoms with E-state index in [1.54, 1.807) is 0 Å². The Labute approximate surface area is 122 Å². The summed E-state index contributed by atoms with van der Waals surface area (Å²) in [5, 5.41) is 11.2. The fourth-order valence-electron chi connectivity index (χ4n) is 3.33. The van der Waals surface area contributed by atoms with Crippen LogP contribution in [0.3, 0.4) is 0 Å². The Morgan fingerprint density at radius 1 is 1.21 bits per heavy atom. The summed E-state index contributed by atoms with van der Waals surface area (Å²) in [6, 6.07) is 7.86. The fraction of sp³-hybridized carbons (Fsp3) is 0.647. The second-order valence-corrected chi connectivity index (χ2v) is 6.34. The summed E-state index contributed by atoms with van der Waals surface area (Å²) in [4.78, 5) is 0. The first-order valence-electron chi connectivity index (χ1n) is 7.62. The summed E-state index contributed by atoms with van der Waals surface area (Å²) in [5.41, 5.74) is 1.08. The summed E-state index contributed by atoms with van der Waals surface area (Å²) in [7, 11) is 0. The van der Waals surface area contributed by atoms with Crippen LogP contribution < -0.4 is 0 Å². The first kappa shape index (κ1) is 14.9. The molecule has 1 aliphatic carbocycles. The summed E-state index contributed by atoms with van der Waals surface area (Å²) >= 11 is 6.16. The highest BCUT2D eigenvalue weighted by Gasteiger charge is 2.26. The highest BCUT2D eigenvalue weighted by molar-refractivity contribution is 6.31. The van der Waals surface area contributed by atoms with Crippen LogP contribution in [0.25, 0.3) is 0 Å². The van der Waals surface area contributed by atoms with E-state index in [2.05, 4.69) is 6.92 Å². The highest BCUT2D eigenvalue weighted by atomic mass is 35.5. The van der Waals surface area contributed by atoms with E-state index in [0.29, 0.717) is 12.3 Å². The molecule has 19 heavy (non-hydrogen) atoms. The lowest BCUT2D eigenvalue weighted by Gasteiger charge is -2.31. The molecule has 1 nitrogen and oxygen atoms in total. The maximum absolute atomic E-state index is 10.4. The summed E-state index contributed by atoms with van der Waals surface area (Å²) in [6.07, 6.45) is 8.04. The molecule has 0 bridgehead atoms. The zero-order chi connectivity index (χ0) is 13.7. The molecule has 0 amide bonds. The van der Waals surface area contributed by atoms with Crippen LogP contribution in [-0.2, 0) is 6.42 Å². The Hall–Kier alpha value is -0.530. The lowest BCUT2D eigenvalue weighted by atomic mass is 9.77. The van der Waals surface area contributed by atoms with Crippen molar-refractivity contribution in [2.24, 2.45) is 11.8 Å². The van der Waals surface area contributed by atoms with Crippen LogP contribution in [0.4, 0.5) is 0 Å². The van der Waals surface area contributed by atoms with Crippen molar-refractivity contribution in [3.05, 3.63) is 34.9 Å². The van der Waals surface area contributed by atoms with Crippen molar-refractivity contribution in [2.45, 2.75) is 58.0 Å². The van der Waals surface area contributed by atoms with E-state index in [0.717, 1.165) is 16.5 Å². The van der Waals surface area contributed by atoms with E-state index in [1.165, 1.54) is 38.5 Å². The number of rotatable bonds is 5. The number of aliphatic hydroxyl groups excluding tert-OH is 1. The third-order valence-corrected chi connectivity index (χ3v) is 4.89. The molecule has 1 fully saturated rings. The molecule has 1 N–H and O–H groups in total. The lowest BCUT2D eigenvalue weighted by molar-refractivity contribution is 0.0728. The summed E-state index contributed by atoms with van der Waals surface area (Å²) in [5.74, 6) is 1.36. The van der Waals surface area contributed by atoms with Gasteiger partial charge < -0.3 is 5.11 Å². The molecule has 1 atom stereocenters. The highest BCUT2D eigenvalue weighted by Crippen LogP contribution is 2.34. The molecule has 1 saturated carbocycles. The fourth-order valence-corrected chi connectivity index (χ4v) is 3.54. The maximum Gasteiger partial charge on any atom is 0.0609 e. The molecule has 2 heteroatoms. The Morgan fingerprint density at radius 3 is 2.53 bits per heavy atom. The quantitative estimate of drug-likeness (QED) is 0.817. The molecule has 0 radical (unpaired) electrons. The molecule has 0 spiro atoms. The summed E-state index contributed by atoms with van der Waals surface area (Å²) < 4.78 is 0. The topological polar surface area (TPSA) is 20.2 Å². The van der Waals surface area contributed by atoms with Gasteiger partial charge in [0.15, 0.2) is 0 Å². The van der Waals surface area contributed by atoms with Crippen LogP contribution in [0.15, 0.2) is 24.3 Å². The zero-order valence-electron chi connectivity index (χ0n) is 11.8. The number of halogens is 1. The van der Waals surface area contributed by atoms with E-state index < -0.39 is 0 Å². The van der Waals surface area contributed by atoms with Crippen LogP contribution in [-0.4, -0.2) is 11.2 Å². The van der Waals surface area contributed by atoms with Gasteiger partial charge in [0, 0.05) is 11.4 Å². The van der Waals surface area contributed by atoms with Gasteiger partial charge in [-0.15, -0.1) is 0 Å². The first-order valence-corrected chi connectivity index (χ1v) is 8.00. The predicted octanol–water partition coefficient (Wildman–Crippen LogP) is 4.85. The maximum atomic E-state index is 10.4. The molecule has 1 unspecified atom stereocenters. The number of benzene rings is 1. The van der Waals surface area contributed by atoms with E-state index in [1.807, 2.05) is 24.3 Å². The van der Waals surface area contributed by atoms with Gasteiger partial charge in [-0.3, -0.25) is 0 Å². The van der Waals surface area contributed by atoms with Crippen LogP contribution in [0.5, 0.6) is 0 Å². The average molecular weight is 281 g/mol. The van der Waals surface area contributed by atoms with Crippen molar-refractivity contribution in [1.29, 1.82) is 0 Å². The van der Waals surface area contributed by atoms with Gasteiger partial charge in [-0.05, 0) is 36.3 Å². The van der Waals surface area contributed by atoms with Crippen LogP contribution in [0.1, 0.15) is 51.0 Å². The predicted molar refractivity (Wildman–Crippen MR) is 81.5 cm³/mol. The third-order valence-electron chi connectivity index (χ3n) is 4.52. The molecular weight excluding hydrogens is 256 g/mol. The Balaban J connectivity index is 1.85. The van der Waals surface area contributed by atoms with Gasteiger partial charge in [-0.25, -0.2) is 0 Å². The lowest BCUT2D eigenvalue weighted by Crippen LogP contribution is -2.27. The van der Waals surface area contributed by atoms with Crippen molar-refractivity contribution in [1.82, 2.24) is 0 Å². The number of hydrogen-bond donors (Lipinski definition) is 1. The molecule has 106 valence electrons. The van der Waals surface area contributed by atoms with Crippen molar-refractivity contribution < 1.29 is 5.11 Å². The van der Waals surface area contributed by atoms with Crippen molar-refractivity contribution >= 4 is 11.6 Å². The largest absolute Gasteiger partial charge is 0.392 e. The molecule has 0 aromatic heterocycles. The zero-order valence-corrected chi connectivity index (χ0v) is 12.6. The van der Waals surface area contributed by atoms with Gasteiger partial charge in [-0.2, -0.15) is 0 Å². The van der Waals surface area contributed by atoms with Gasteiger partial charge in [0.2, 0.25) is 0 Å². The third kappa shape index (κ3) is 4.22. The smallest absolute Gasteiger partial charge is 0.0609 e. The van der Waals surface area contributed by atoms with Gasteiger partial charge in [-0.1, -0.05) is 62.4 Å². The van der Waals surface area contributed by atoms with Crippen molar-refractivity contribution in [3.8, 4) is 0 Å². The monoisotopic (exact) mass is 280 g/mol. The Kier molecular flexibility index (Phi) is 5.72. The van der Waals surface area contributed by atoms with Gasteiger partial charge >= 0.3 is 0 Å². The minimum absolute atomic E-state index is 0.234. The molecule has 1 aliphatic rings. The minimum Gasteiger partial charge on any atom is -0.392 e. The van der Waals surface area contributed by atoms with Crippen molar-refractivity contribution in [2.75, 3.05) is 0 Å². The van der Waals surface area contributed by atoms with Gasteiger partial charge in [0.05, 0.1) is 6.10 Å². The van der Waals surface area contributed by atoms with Crippen LogP contribution in [0, 0.1) is 11.8 Å². The number of aliphatic hydroxyl groups is 1. The molecular formula is C17H25ClO. The average Bonchev–Trinajstić information content (AvgIpc) is 2.42. The Morgan fingerprint density at radius 2 is 1.89 bits per heavy atom. The molecule has 0 aliphatic heterocycles. The van der Waals surface area contributed by atoms with Crippen LogP contribution in [0.2, 0.25) is 5.02 Å². The summed E-state index contributed by atoms with van der Waals surface area (Å²) in [6.45, 7) is 2.26. The molecule has 1 aromatic rings. The minimum atomic E-state index is -0.234. The second kappa shape index (κ2) is 7.31. The van der Waals surface area contributed by atoms with E-state index >= 15 is 0 Å². The van der Waals surface area contributed by atoms with Gasteiger partial charge in [0.1, 0.15) is 0 Å². The van der Waals surface area contributed by atoms with Gasteiger partial charge in [0.25, 0.3) is 0 Å². The second-order valence-electron chi connectivity index (χ2n) is 5.93.